The van der Waals surface area contributed by atoms with E-state index in [2.05, 4.69) is 0 Å². The molecule has 1 saturated carbocycles. The molecule has 3 atom stereocenters. The molecule has 1 aliphatic carbocycles. The lowest BCUT2D eigenvalue weighted by Gasteiger charge is -2.33. The fourth-order valence-corrected chi connectivity index (χ4v) is 2.83. The number of nitrogens with two attached hydrogens (primary N) is 1. The van der Waals surface area contributed by atoms with E-state index in [1.54, 1.807) is 7.11 Å². The van der Waals surface area contributed by atoms with Crippen LogP contribution in [0.4, 0.5) is 0 Å². The van der Waals surface area contributed by atoms with Crippen molar-refractivity contribution in [3.63, 3.8) is 0 Å². The summed E-state index contributed by atoms with van der Waals surface area (Å²) in [6.45, 7) is 1.66. The topological polar surface area (TPSA) is 55.6 Å². The summed E-state index contributed by atoms with van der Waals surface area (Å²) in [7, 11) is 1.73. The molecule has 2 N–H and O–H groups in total. The minimum Gasteiger partial charge on any atom is -0.380 e. The second-order valence-electron chi connectivity index (χ2n) is 5.05. The second-order valence-corrected chi connectivity index (χ2v) is 5.05. The maximum absolute atomic E-state index is 12.2. The van der Waals surface area contributed by atoms with Crippen LogP contribution in [0.15, 0.2) is 0 Å². The smallest absolute Gasteiger partial charge is 0.225 e. The maximum Gasteiger partial charge on any atom is 0.225 e. The zero-order chi connectivity index (χ0) is 11.5. The van der Waals surface area contributed by atoms with E-state index in [9.17, 15) is 4.79 Å². The highest BCUT2D eigenvalue weighted by molar-refractivity contribution is 5.79. The monoisotopic (exact) mass is 226 g/mol. The average Bonchev–Trinajstić information content (AvgIpc) is 2.75. The third kappa shape index (κ3) is 2.55. The van der Waals surface area contributed by atoms with Crippen molar-refractivity contribution in [2.45, 2.75) is 44.2 Å². The molecule has 1 amide bonds. The van der Waals surface area contributed by atoms with Gasteiger partial charge in [0.15, 0.2) is 0 Å². The summed E-state index contributed by atoms with van der Waals surface area (Å²) >= 11 is 0. The van der Waals surface area contributed by atoms with E-state index in [-0.39, 0.29) is 18.1 Å². The Bertz CT molecular complexity index is 257. The standard InChI is InChI=1S/C12H22N2O2/c1-16-11-3-2-6-14(8-11)12(15)9-4-5-10(13)7-9/h9-11H,2-8,13H2,1H3. The Morgan fingerprint density at radius 1 is 1.38 bits per heavy atom. The molecular formula is C12H22N2O2. The van der Waals surface area contributed by atoms with Crippen molar-refractivity contribution < 1.29 is 9.53 Å². The molecule has 4 nitrogen and oxygen atoms in total. The molecule has 4 heteroatoms. The van der Waals surface area contributed by atoms with Gasteiger partial charge in [-0.05, 0) is 32.1 Å². The van der Waals surface area contributed by atoms with Gasteiger partial charge in [-0.3, -0.25) is 4.79 Å². The molecular weight excluding hydrogens is 204 g/mol. The first-order valence-corrected chi connectivity index (χ1v) is 6.28. The molecule has 0 aromatic heterocycles. The summed E-state index contributed by atoms with van der Waals surface area (Å²) in [5.74, 6) is 0.473. The van der Waals surface area contributed by atoms with Gasteiger partial charge in [0, 0.05) is 32.2 Å². The highest BCUT2D eigenvalue weighted by Crippen LogP contribution is 2.27. The van der Waals surface area contributed by atoms with Gasteiger partial charge in [0.2, 0.25) is 5.91 Å². The van der Waals surface area contributed by atoms with Crippen LogP contribution in [-0.4, -0.2) is 43.2 Å². The number of carbonyl (C=O) groups is 1. The van der Waals surface area contributed by atoms with E-state index in [1.807, 2.05) is 4.90 Å². The third-order valence-corrected chi connectivity index (χ3v) is 3.85. The van der Waals surface area contributed by atoms with Crippen LogP contribution in [0.3, 0.4) is 0 Å². The normalized spacial score (nSPS) is 35.4. The van der Waals surface area contributed by atoms with Crippen LogP contribution in [0.25, 0.3) is 0 Å². The van der Waals surface area contributed by atoms with E-state index < -0.39 is 0 Å². The number of piperidine rings is 1. The quantitative estimate of drug-likeness (QED) is 0.756. The van der Waals surface area contributed by atoms with Crippen LogP contribution in [0.2, 0.25) is 0 Å². The molecule has 2 aliphatic rings. The third-order valence-electron chi connectivity index (χ3n) is 3.85. The number of methoxy groups -OCH3 is 1. The van der Waals surface area contributed by atoms with E-state index in [4.69, 9.17) is 10.5 Å². The van der Waals surface area contributed by atoms with E-state index in [0.717, 1.165) is 45.2 Å². The molecule has 0 aromatic carbocycles. The van der Waals surface area contributed by atoms with Gasteiger partial charge in [0.05, 0.1) is 6.10 Å². The van der Waals surface area contributed by atoms with Crippen LogP contribution >= 0.6 is 0 Å². The minimum absolute atomic E-state index is 0.172. The Labute approximate surface area is 97.1 Å². The van der Waals surface area contributed by atoms with Crippen molar-refractivity contribution in [1.29, 1.82) is 0 Å². The Morgan fingerprint density at radius 2 is 2.19 bits per heavy atom. The lowest BCUT2D eigenvalue weighted by atomic mass is 10.0. The summed E-state index contributed by atoms with van der Waals surface area (Å²) in [6.07, 6.45) is 5.19. The minimum atomic E-state index is 0.172. The summed E-state index contributed by atoms with van der Waals surface area (Å²) in [5, 5.41) is 0. The lowest BCUT2D eigenvalue weighted by Crippen LogP contribution is -2.45. The molecule has 0 aromatic rings. The maximum atomic E-state index is 12.2. The first-order valence-electron chi connectivity index (χ1n) is 6.28. The molecule has 1 heterocycles. The van der Waals surface area contributed by atoms with Crippen molar-refractivity contribution in [2.75, 3.05) is 20.2 Å². The van der Waals surface area contributed by atoms with E-state index in [1.165, 1.54) is 0 Å². The van der Waals surface area contributed by atoms with Crippen LogP contribution < -0.4 is 5.73 Å². The first kappa shape index (κ1) is 11.9. The number of amides is 1. The number of carbonyl (C=O) groups excluding carboxylic acids is 1. The van der Waals surface area contributed by atoms with Crippen molar-refractivity contribution in [3.05, 3.63) is 0 Å². The highest BCUT2D eigenvalue weighted by atomic mass is 16.5. The number of likely N-dealkylation sites (tertiary alicyclic amines) is 1. The van der Waals surface area contributed by atoms with Crippen LogP contribution in [0.1, 0.15) is 32.1 Å². The van der Waals surface area contributed by atoms with Crippen LogP contribution in [-0.2, 0) is 9.53 Å². The van der Waals surface area contributed by atoms with Crippen molar-refractivity contribution >= 4 is 5.91 Å². The fourth-order valence-electron chi connectivity index (χ4n) is 2.83. The second kappa shape index (κ2) is 5.15. The largest absolute Gasteiger partial charge is 0.380 e. The molecule has 0 bridgehead atoms. The molecule has 2 rings (SSSR count). The Kier molecular flexibility index (Phi) is 3.82. The van der Waals surface area contributed by atoms with Gasteiger partial charge in [0.1, 0.15) is 0 Å². The van der Waals surface area contributed by atoms with Gasteiger partial charge in [-0.15, -0.1) is 0 Å². The predicted molar refractivity (Wildman–Crippen MR) is 61.9 cm³/mol. The Hall–Kier alpha value is -0.610. The molecule has 0 radical (unpaired) electrons. The molecule has 2 fully saturated rings. The molecule has 1 saturated heterocycles. The highest BCUT2D eigenvalue weighted by Gasteiger charge is 2.33. The zero-order valence-corrected chi connectivity index (χ0v) is 10.0. The Balaban J connectivity index is 1.89. The summed E-state index contributed by atoms with van der Waals surface area (Å²) in [5.41, 5.74) is 5.85. The number of hydrogen-bond donors (Lipinski definition) is 1. The zero-order valence-electron chi connectivity index (χ0n) is 10.0. The van der Waals surface area contributed by atoms with Gasteiger partial charge in [0.25, 0.3) is 0 Å². The SMILES string of the molecule is COC1CCCN(C(=O)C2CCC(N)C2)C1. The summed E-state index contributed by atoms with van der Waals surface area (Å²) in [6, 6.07) is 0.233. The Morgan fingerprint density at radius 3 is 2.81 bits per heavy atom. The number of rotatable bonds is 2. The molecule has 16 heavy (non-hydrogen) atoms. The molecule has 0 spiro atoms. The summed E-state index contributed by atoms with van der Waals surface area (Å²) < 4.78 is 5.34. The lowest BCUT2D eigenvalue weighted by molar-refractivity contribution is -0.138. The van der Waals surface area contributed by atoms with E-state index >= 15 is 0 Å². The van der Waals surface area contributed by atoms with Crippen molar-refractivity contribution in [3.8, 4) is 0 Å². The summed E-state index contributed by atoms with van der Waals surface area (Å²) in [4.78, 5) is 14.2. The van der Waals surface area contributed by atoms with Crippen molar-refractivity contribution in [2.24, 2.45) is 11.7 Å². The van der Waals surface area contributed by atoms with Gasteiger partial charge in [-0.2, -0.15) is 0 Å². The number of hydrogen-bond acceptors (Lipinski definition) is 3. The molecule has 92 valence electrons. The van der Waals surface area contributed by atoms with Crippen LogP contribution in [0.5, 0.6) is 0 Å². The van der Waals surface area contributed by atoms with Gasteiger partial charge in [-0.1, -0.05) is 0 Å². The van der Waals surface area contributed by atoms with Crippen LogP contribution in [0, 0.1) is 5.92 Å². The van der Waals surface area contributed by atoms with Gasteiger partial charge in [-0.25, -0.2) is 0 Å². The average molecular weight is 226 g/mol. The first-order chi connectivity index (χ1) is 7.70. The van der Waals surface area contributed by atoms with Crippen molar-refractivity contribution in [1.82, 2.24) is 4.90 Å². The van der Waals surface area contributed by atoms with Gasteiger partial charge >= 0.3 is 0 Å². The van der Waals surface area contributed by atoms with E-state index in [0.29, 0.717) is 5.91 Å². The fraction of sp³-hybridized carbons (Fsp3) is 0.917. The number of nitrogens with zero attached hydrogens (tertiary/aromatic N) is 1. The molecule has 3 unspecified atom stereocenters. The predicted octanol–water partition coefficient (Wildman–Crippen LogP) is 0.751. The molecule has 1 aliphatic heterocycles. The van der Waals surface area contributed by atoms with Gasteiger partial charge < -0.3 is 15.4 Å². The number of ether oxygens (including phenoxy) is 1.